The maximum Gasteiger partial charge on any atom is 0.0595 e. The summed E-state index contributed by atoms with van der Waals surface area (Å²) in [5.41, 5.74) is 2.52. The van der Waals surface area contributed by atoms with Crippen molar-refractivity contribution in [2.75, 3.05) is 19.6 Å². The molecule has 0 aromatic carbocycles. The minimum Gasteiger partial charge on any atom is -0.298 e. The lowest BCUT2D eigenvalue weighted by atomic mass is 9.97. The van der Waals surface area contributed by atoms with Gasteiger partial charge in [-0.1, -0.05) is 37.9 Å². The van der Waals surface area contributed by atoms with E-state index in [0.29, 0.717) is 10.9 Å². The standard InChI is InChI=1S/C15H21ClN2/c1-3-4-5-18-10-12(2)6-14(11-18)13-7-15(16)9-17-8-13/h6-9,12H,3-5,10-11H2,1-2H3/t12-/m0/s1. The molecule has 1 atom stereocenters. The molecule has 3 heteroatoms. The largest absolute Gasteiger partial charge is 0.298 e. The van der Waals surface area contributed by atoms with Gasteiger partial charge in [-0.25, -0.2) is 0 Å². The summed E-state index contributed by atoms with van der Waals surface area (Å²) in [5.74, 6) is 0.601. The molecule has 0 unspecified atom stereocenters. The summed E-state index contributed by atoms with van der Waals surface area (Å²) in [6.07, 6.45) is 8.48. The van der Waals surface area contributed by atoms with Crippen molar-refractivity contribution >= 4 is 17.2 Å². The molecule has 98 valence electrons. The van der Waals surface area contributed by atoms with Gasteiger partial charge in [-0.15, -0.1) is 0 Å². The monoisotopic (exact) mass is 264 g/mol. The summed E-state index contributed by atoms with van der Waals surface area (Å²) in [7, 11) is 0. The van der Waals surface area contributed by atoms with E-state index in [9.17, 15) is 0 Å². The van der Waals surface area contributed by atoms with Gasteiger partial charge in [0.05, 0.1) is 5.02 Å². The number of nitrogens with zero attached hydrogens (tertiary/aromatic N) is 2. The van der Waals surface area contributed by atoms with Crippen LogP contribution in [0.4, 0.5) is 0 Å². The third-order valence-electron chi connectivity index (χ3n) is 3.33. The molecule has 0 radical (unpaired) electrons. The van der Waals surface area contributed by atoms with E-state index in [1.165, 1.54) is 25.0 Å². The van der Waals surface area contributed by atoms with Gasteiger partial charge in [0.15, 0.2) is 0 Å². The Morgan fingerprint density at radius 2 is 2.28 bits per heavy atom. The Hall–Kier alpha value is -0.860. The van der Waals surface area contributed by atoms with Gasteiger partial charge in [0.2, 0.25) is 0 Å². The van der Waals surface area contributed by atoms with Crippen molar-refractivity contribution in [3.05, 3.63) is 35.1 Å². The van der Waals surface area contributed by atoms with Crippen molar-refractivity contribution in [1.29, 1.82) is 0 Å². The van der Waals surface area contributed by atoms with Crippen LogP contribution in [0.3, 0.4) is 0 Å². The van der Waals surface area contributed by atoms with Crippen LogP contribution in [-0.2, 0) is 0 Å². The van der Waals surface area contributed by atoms with Crippen LogP contribution in [-0.4, -0.2) is 29.5 Å². The zero-order valence-corrected chi connectivity index (χ0v) is 12.0. The zero-order valence-electron chi connectivity index (χ0n) is 11.2. The maximum absolute atomic E-state index is 6.02. The topological polar surface area (TPSA) is 16.1 Å². The van der Waals surface area contributed by atoms with Crippen molar-refractivity contribution in [1.82, 2.24) is 9.88 Å². The van der Waals surface area contributed by atoms with Gasteiger partial charge in [0, 0.05) is 25.5 Å². The van der Waals surface area contributed by atoms with Crippen LogP contribution in [0.25, 0.3) is 5.57 Å². The van der Waals surface area contributed by atoms with Gasteiger partial charge in [-0.2, -0.15) is 0 Å². The van der Waals surface area contributed by atoms with E-state index in [-0.39, 0.29) is 0 Å². The van der Waals surface area contributed by atoms with Gasteiger partial charge in [-0.3, -0.25) is 9.88 Å². The molecule has 0 fully saturated rings. The number of pyridine rings is 1. The predicted octanol–water partition coefficient (Wildman–Crippen LogP) is 3.87. The fourth-order valence-corrected chi connectivity index (χ4v) is 2.66. The highest BCUT2D eigenvalue weighted by Gasteiger charge is 2.18. The fourth-order valence-electron chi connectivity index (χ4n) is 2.49. The Morgan fingerprint density at radius 1 is 1.44 bits per heavy atom. The molecular weight excluding hydrogens is 244 g/mol. The number of hydrogen-bond acceptors (Lipinski definition) is 2. The minimum absolute atomic E-state index is 0.601. The molecule has 1 aliphatic rings. The van der Waals surface area contributed by atoms with Gasteiger partial charge in [-0.05, 0) is 36.1 Å². The summed E-state index contributed by atoms with van der Waals surface area (Å²) >= 11 is 6.02. The fraction of sp³-hybridized carbons (Fsp3) is 0.533. The average Bonchev–Trinajstić information content (AvgIpc) is 2.36. The number of hydrogen-bond donors (Lipinski definition) is 0. The first-order chi connectivity index (χ1) is 8.69. The third-order valence-corrected chi connectivity index (χ3v) is 3.54. The Morgan fingerprint density at radius 3 is 3.00 bits per heavy atom. The molecule has 0 aliphatic carbocycles. The molecule has 2 heterocycles. The maximum atomic E-state index is 6.02. The smallest absolute Gasteiger partial charge is 0.0595 e. The first kappa shape index (κ1) is 13.6. The van der Waals surface area contributed by atoms with Crippen LogP contribution < -0.4 is 0 Å². The number of rotatable bonds is 4. The highest BCUT2D eigenvalue weighted by atomic mass is 35.5. The lowest BCUT2D eigenvalue weighted by Crippen LogP contribution is -2.34. The van der Waals surface area contributed by atoms with Gasteiger partial charge >= 0.3 is 0 Å². The molecule has 0 amide bonds. The molecule has 0 N–H and O–H groups in total. The second-order valence-electron chi connectivity index (χ2n) is 5.15. The van der Waals surface area contributed by atoms with Crippen LogP contribution in [0, 0.1) is 5.92 Å². The molecule has 2 nitrogen and oxygen atoms in total. The molecule has 1 aromatic heterocycles. The van der Waals surface area contributed by atoms with Crippen LogP contribution in [0.5, 0.6) is 0 Å². The lowest BCUT2D eigenvalue weighted by molar-refractivity contribution is 0.268. The van der Waals surface area contributed by atoms with E-state index in [1.54, 1.807) is 6.20 Å². The van der Waals surface area contributed by atoms with E-state index in [1.807, 2.05) is 12.3 Å². The number of unbranched alkanes of at least 4 members (excludes halogenated alkanes) is 1. The highest BCUT2D eigenvalue weighted by molar-refractivity contribution is 6.30. The zero-order chi connectivity index (χ0) is 13.0. The first-order valence-electron chi connectivity index (χ1n) is 6.73. The summed E-state index contributed by atoms with van der Waals surface area (Å²) in [5, 5.41) is 0.715. The van der Waals surface area contributed by atoms with Gasteiger partial charge in [0.25, 0.3) is 0 Å². The first-order valence-corrected chi connectivity index (χ1v) is 7.10. The SMILES string of the molecule is CCCCN1CC(c2cncc(Cl)c2)=C[C@H](C)C1. The van der Waals surface area contributed by atoms with E-state index < -0.39 is 0 Å². The quantitative estimate of drug-likeness (QED) is 0.821. The number of halogens is 1. The van der Waals surface area contributed by atoms with E-state index in [4.69, 9.17) is 11.6 Å². The second kappa shape index (κ2) is 6.35. The highest BCUT2D eigenvalue weighted by Crippen LogP contribution is 2.24. The van der Waals surface area contributed by atoms with Crippen molar-refractivity contribution in [2.24, 2.45) is 5.92 Å². The summed E-state index contributed by atoms with van der Waals surface area (Å²) in [4.78, 5) is 6.71. The van der Waals surface area contributed by atoms with Crippen molar-refractivity contribution in [2.45, 2.75) is 26.7 Å². The molecule has 1 aromatic rings. The Kier molecular flexibility index (Phi) is 4.79. The molecule has 2 rings (SSSR count). The van der Waals surface area contributed by atoms with E-state index >= 15 is 0 Å². The summed E-state index contributed by atoms with van der Waals surface area (Å²) < 4.78 is 0. The second-order valence-corrected chi connectivity index (χ2v) is 5.59. The molecule has 18 heavy (non-hydrogen) atoms. The van der Waals surface area contributed by atoms with Crippen molar-refractivity contribution < 1.29 is 0 Å². The average molecular weight is 265 g/mol. The Balaban J connectivity index is 2.12. The van der Waals surface area contributed by atoms with Crippen LogP contribution in [0.2, 0.25) is 5.02 Å². The molecule has 0 saturated heterocycles. The van der Waals surface area contributed by atoms with Crippen molar-refractivity contribution in [3.8, 4) is 0 Å². The van der Waals surface area contributed by atoms with Crippen LogP contribution in [0.1, 0.15) is 32.3 Å². The Bertz CT molecular complexity index is 428. The molecule has 1 aliphatic heterocycles. The minimum atomic E-state index is 0.601. The van der Waals surface area contributed by atoms with Crippen molar-refractivity contribution in [3.63, 3.8) is 0 Å². The number of aromatic nitrogens is 1. The molecule has 0 spiro atoms. The lowest BCUT2D eigenvalue weighted by Gasteiger charge is -2.30. The summed E-state index contributed by atoms with van der Waals surface area (Å²) in [6.45, 7) is 7.89. The molecular formula is C15H21ClN2. The van der Waals surface area contributed by atoms with Crippen LogP contribution in [0.15, 0.2) is 24.5 Å². The van der Waals surface area contributed by atoms with E-state index in [0.717, 1.165) is 18.7 Å². The van der Waals surface area contributed by atoms with Gasteiger partial charge in [0.1, 0.15) is 0 Å². The third kappa shape index (κ3) is 3.56. The molecule has 0 saturated carbocycles. The predicted molar refractivity (Wildman–Crippen MR) is 77.7 cm³/mol. The van der Waals surface area contributed by atoms with Gasteiger partial charge < -0.3 is 0 Å². The Labute approximate surface area is 115 Å². The van der Waals surface area contributed by atoms with Crippen LogP contribution >= 0.6 is 11.6 Å². The molecule has 0 bridgehead atoms. The van der Waals surface area contributed by atoms with E-state index in [2.05, 4.69) is 29.8 Å². The summed E-state index contributed by atoms with van der Waals surface area (Å²) in [6, 6.07) is 2.01. The normalized spacial score (nSPS) is 20.8.